The maximum absolute atomic E-state index is 5.63. The van der Waals surface area contributed by atoms with Gasteiger partial charge >= 0.3 is 0 Å². The summed E-state index contributed by atoms with van der Waals surface area (Å²) in [5.41, 5.74) is 6.50. The summed E-state index contributed by atoms with van der Waals surface area (Å²) in [5.74, 6) is 0.882. The van der Waals surface area contributed by atoms with Crippen molar-refractivity contribution in [2.24, 2.45) is 5.73 Å². The average molecular weight is 281 g/mol. The molecule has 0 aliphatic heterocycles. The standard InChI is InChI=1S/C13H19N3S2/c1-18-11-4-2-10(3-5-11)16-12-8-9(13(14)17)6-7-15-12/h6-8,10-11H,2-5H2,1H3,(H2,14,17)(H,15,16). The maximum atomic E-state index is 5.63. The summed E-state index contributed by atoms with van der Waals surface area (Å²) in [5, 5.41) is 4.32. The first-order chi connectivity index (χ1) is 8.69. The van der Waals surface area contributed by atoms with Crippen LogP contribution in [0.2, 0.25) is 0 Å². The van der Waals surface area contributed by atoms with Crippen LogP contribution in [0.15, 0.2) is 18.3 Å². The maximum Gasteiger partial charge on any atom is 0.126 e. The lowest BCUT2D eigenvalue weighted by atomic mass is 9.95. The van der Waals surface area contributed by atoms with Crippen molar-refractivity contribution in [2.75, 3.05) is 11.6 Å². The van der Waals surface area contributed by atoms with E-state index >= 15 is 0 Å². The van der Waals surface area contributed by atoms with Crippen molar-refractivity contribution < 1.29 is 0 Å². The molecule has 0 unspecified atom stereocenters. The molecule has 1 aromatic heterocycles. The first kappa shape index (κ1) is 13.6. The van der Waals surface area contributed by atoms with E-state index in [2.05, 4.69) is 16.6 Å². The van der Waals surface area contributed by atoms with Crippen molar-refractivity contribution in [2.45, 2.75) is 37.0 Å². The van der Waals surface area contributed by atoms with Gasteiger partial charge in [-0.1, -0.05) is 12.2 Å². The van der Waals surface area contributed by atoms with Gasteiger partial charge in [0, 0.05) is 23.1 Å². The Morgan fingerprint density at radius 2 is 2.17 bits per heavy atom. The lowest BCUT2D eigenvalue weighted by molar-refractivity contribution is 0.472. The molecule has 5 heteroatoms. The average Bonchev–Trinajstić information content (AvgIpc) is 2.40. The van der Waals surface area contributed by atoms with Gasteiger partial charge < -0.3 is 11.1 Å². The molecule has 2 rings (SSSR count). The van der Waals surface area contributed by atoms with Crippen LogP contribution in [0.3, 0.4) is 0 Å². The summed E-state index contributed by atoms with van der Waals surface area (Å²) in [6.07, 6.45) is 8.95. The number of nitrogens with zero attached hydrogens (tertiary/aromatic N) is 1. The zero-order chi connectivity index (χ0) is 13.0. The Hall–Kier alpha value is -0.810. The van der Waals surface area contributed by atoms with E-state index in [1.807, 2.05) is 23.9 Å². The molecule has 1 aliphatic rings. The van der Waals surface area contributed by atoms with Crippen LogP contribution < -0.4 is 11.1 Å². The van der Waals surface area contributed by atoms with Gasteiger partial charge in [-0.05, 0) is 44.1 Å². The number of anilines is 1. The van der Waals surface area contributed by atoms with E-state index in [1.165, 1.54) is 25.7 Å². The lowest BCUT2D eigenvalue weighted by Gasteiger charge is -2.28. The van der Waals surface area contributed by atoms with E-state index in [4.69, 9.17) is 18.0 Å². The Bertz CT molecular complexity index is 414. The zero-order valence-electron chi connectivity index (χ0n) is 10.6. The number of hydrogen-bond acceptors (Lipinski definition) is 4. The number of rotatable bonds is 4. The minimum absolute atomic E-state index is 0.423. The van der Waals surface area contributed by atoms with Gasteiger partial charge in [-0.15, -0.1) is 0 Å². The Morgan fingerprint density at radius 1 is 1.44 bits per heavy atom. The molecule has 3 N–H and O–H groups in total. The first-order valence-electron chi connectivity index (χ1n) is 6.24. The fourth-order valence-corrected chi connectivity index (χ4v) is 3.19. The summed E-state index contributed by atoms with van der Waals surface area (Å²) >= 11 is 6.96. The van der Waals surface area contributed by atoms with Crippen molar-refractivity contribution in [3.63, 3.8) is 0 Å². The topological polar surface area (TPSA) is 50.9 Å². The fourth-order valence-electron chi connectivity index (χ4n) is 2.31. The van der Waals surface area contributed by atoms with Crippen LogP contribution in [-0.4, -0.2) is 27.5 Å². The molecule has 0 saturated heterocycles. The number of nitrogens with one attached hydrogen (secondary N) is 1. The molecule has 3 nitrogen and oxygen atoms in total. The number of aromatic nitrogens is 1. The third-order valence-electron chi connectivity index (χ3n) is 3.40. The Morgan fingerprint density at radius 3 is 2.78 bits per heavy atom. The summed E-state index contributed by atoms with van der Waals surface area (Å²) < 4.78 is 0. The molecule has 0 amide bonds. The minimum Gasteiger partial charge on any atom is -0.389 e. The van der Waals surface area contributed by atoms with E-state index < -0.39 is 0 Å². The van der Waals surface area contributed by atoms with E-state index in [-0.39, 0.29) is 0 Å². The summed E-state index contributed by atoms with van der Waals surface area (Å²) in [7, 11) is 0. The van der Waals surface area contributed by atoms with Crippen molar-refractivity contribution in [3.05, 3.63) is 23.9 Å². The summed E-state index contributed by atoms with van der Waals surface area (Å²) in [6.45, 7) is 0. The molecule has 0 radical (unpaired) electrons. The molecule has 1 fully saturated rings. The van der Waals surface area contributed by atoms with Crippen molar-refractivity contribution in [1.82, 2.24) is 4.98 Å². The molecular weight excluding hydrogens is 262 g/mol. The SMILES string of the molecule is CSC1CCC(Nc2cc(C(N)=S)ccn2)CC1. The highest BCUT2D eigenvalue weighted by atomic mass is 32.2. The fraction of sp³-hybridized carbons (Fsp3) is 0.538. The third kappa shape index (κ3) is 3.59. The van der Waals surface area contributed by atoms with E-state index in [1.54, 1.807) is 6.20 Å². The van der Waals surface area contributed by atoms with Gasteiger partial charge in [0.2, 0.25) is 0 Å². The number of pyridine rings is 1. The summed E-state index contributed by atoms with van der Waals surface area (Å²) in [6, 6.07) is 4.31. The highest BCUT2D eigenvalue weighted by Crippen LogP contribution is 2.28. The van der Waals surface area contributed by atoms with Crippen LogP contribution >= 0.6 is 24.0 Å². The third-order valence-corrected chi connectivity index (χ3v) is 4.78. The quantitative estimate of drug-likeness (QED) is 0.831. The highest BCUT2D eigenvalue weighted by molar-refractivity contribution is 7.99. The monoisotopic (exact) mass is 281 g/mol. The number of thioether (sulfide) groups is 1. The van der Waals surface area contributed by atoms with Gasteiger partial charge in [0.25, 0.3) is 0 Å². The van der Waals surface area contributed by atoms with Crippen molar-refractivity contribution in [3.8, 4) is 0 Å². The molecule has 0 aromatic carbocycles. The van der Waals surface area contributed by atoms with Crippen LogP contribution in [0.4, 0.5) is 5.82 Å². The van der Waals surface area contributed by atoms with Crippen LogP contribution in [0.5, 0.6) is 0 Å². The first-order valence-corrected chi connectivity index (χ1v) is 7.94. The molecule has 18 heavy (non-hydrogen) atoms. The second-order valence-corrected chi connectivity index (χ2v) is 6.23. The molecule has 1 heterocycles. The molecule has 1 aromatic rings. The number of thiocarbonyl (C=S) groups is 1. The van der Waals surface area contributed by atoms with E-state index in [0.29, 0.717) is 11.0 Å². The second kappa shape index (κ2) is 6.38. The van der Waals surface area contributed by atoms with Crippen molar-refractivity contribution in [1.29, 1.82) is 0 Å². The Balaban J connectivity index is 1.94. The number of hydrogen-bond donors (Lipinski definition) is 2. The Labute approximate surface area is 118 Å². The molecule has 1 aliphatic carbocycles. The molecule has 98 valence electrons. The van der Waals surface area contributed by atoms with Crippen LogP contribution in [0.1, 0.15) is 31.2 Å². The largest absolute Gasteiger partial charge is 0.389 e. The smallest absolute Gasteiger partial charge is 0.126 e. The van der Waals surface area contributed by atoms with Crippen molar-refractivity contribution >= 4 is 34.8 Å². The highest BCUT2D eigenvalue weighted by Gasteiger charge is 2.20. The predicted octanol–water partition coefficient (Wildman–Crippen LogP) is 2.80. The number of nitrogens with two attached hydrogens (primary N) is 1. The zero-order valence-corrected chi connectivity index (χ0v) is 12.2. The van der Waals surface area contributed by atoms with Gasteiger partial charge in [-0.3, -0.25) is 0 Å². The molecule has 0 bridgehead atoms. The normalized spacial score (nSPS) is 23.6. The van der Waals surface area contributed by atoms with Crippen LogP contribution in [0.25, 0.3) is 0 Å². The Kier molecular flexibility index (Phi) is 4.83. The minimum atomic E-state index is 0.423. The lowest BCUT2D eigenvalue weighted by Crippen LogP contribution is -2.27. The van der Waals surface area contributed by atoms with Gasteiger partial charge in [-0.2, -0.15) is 11.8 Å². The predicted molar refractivity (Wildman–Crippen MR) is 83.3 cm³/mol. The molecular formula is C13H19N3S2. The molecule has 0 atom stereocenters. The van der Waals surface area contributed by atoms with Gasteiger partial charge in [0.05, 0.1) is 0 Å². The molecule has 0 spiro atoms. The van der Waals surface area contributed by atoms with E-state index in [0.717, 1.165) is 16.6 Å². The van der Waals surface area contributed by atoms with Gasteiger partial charge in [0.1, 0.15) is 10.8 Å². The molecule has 1 saturated carbocycles. The van der Waals surface area contributed by atoms with Gasteiger partial charge in [-0.25, -0.2) is 4.98 Å². The van der Waals surface area contributed by atoms with Gasteiger partial charge in [0.15, 0.2) is 0 Å². The van der Waals surface area contributed by atoms with Crippen LogP contribution in [-0.2, 0) is 0 Å². The summed E-state index contributed by atoms with van der Waals surface area (Å²) in [4.78, 5) is 4.75. The van der Waals surface area contributed by atoms with Crippen LogP contribution in [0, 0.1) is 0 Å². The van der Waals surface area contributed by atoms with E-state index in [9.17, 15) is 0 Å². The second-order valence-electron chi connectivity index (χ2n) is 4.65.